The van der Waals surface area contributed by atoms with Gasteiger partial charge in [0.05, 0.1) is 12.1 Å². The highest BCUT2D eigenvalue weighted by Gasteiger charge is 2.30. The van der Waals surface area contributed by atoms with Crippen LogP contribution in [0, 0.1) is 5.92 Å². The van der Waals surface area contributed by atoms with Gasteiger partial charge in [-0.1, -0.05) is 44.2 Å². The molecule has 2 amide bonds. The van der Waals surface area contributed by atoms with Crippen molar-refractivity contribution < 1.29 is 27.5 Å². The zero-order chi connectivity index (χ0) is 26.3. The number of halogens is 3. The summed E-state index contributed by atoms with van der Waals surface area (Å²) in [5.74, 6) is -0.418. The van der Waals surface area contributed by atoms with Crippen molar-refractivity contribution in [2.24, 2.45) is 5.92 Å². The summed E-state index contributed by atoms with van der Waals surface area (Å²) in [6.45, 7) is 4.51. The molecule has 0 bridgehead atoms. The van der Waals surface area contributed by atoms with Crippen LogP contribution in [-0.4, -0.2) is 59.9 Å². The molecule has 3 rings (SSSR count). The van der Waals surface area contributed by atoms with Gasteiger partial charge >= 0.3 is 6.18 Å². The van der Waals surface area contributed by atoms with Gasteiger partial charge in [0.2, 0.25) is 11.8 Å². The van der Waals surface area contributed by atoms with Crippen molar-refractivity contribution in [2.75, 3.05) is 33.4 Å². The van der Waals surface area contributed by atoms with Crippen molar-refractivity contribution in [1.29, 1.82) is 0 Å². The van der Waals surface area contributed by atoms with Gasteiger partial charge in [-0.2, -0.15) is 13.2 Å². The summed E-state index contributed by atoms with van der Waals surface area (Å²) in [5, 5.41) is 1.05. The minimum Gasteiger partial charge on any atom is -0.375 e. The van der Waals surface area contributed by atoms with E-state index in [9.17, 15) is 22.8 Å². The predicted molar refractivity (Wildman–Crippen MR) is 132 cm³/mol. The number of ether oxygens (including phenoxy) is 1. The molecule has 194 valence electrons. The molecule has 6 nitrogen and oxygen atoms in total. The topological polar surface area (TPSA) is 65.6 Å². The molecule has 2 aromatic carbocycles. The molecule has 0 aliphatic rings. The number of methoxy groups -OCH3 is 1. The summed E-state index contributed by atoms with van der Waals surface area (Å²) >= 11 is 0. The Morgan fingerprint density at radius 1 is 1.00 bits per heavy atom. The first-order chi connectivity index (χ1) is 17.1. The molecular weight excluding hydrogens is 471 g/mol. The SMILES string of the molecule is COCC(=O)N(CC(=O)N(CCc1c[nH]c2ccccc12)Cc1ccc(C(F)(F)F)cc1)CC(C)C. The van der Waals surface area contributed by atoms with Crippen molar-refractivity contribution in [1.82, 2.24) is 14.8 Å². The Balaban J connectivity index is 1.81. The molecule has 0 saturated heterocycles. The van der Waals surface area contributed by atoms with Gasteiger partial charge in [0.15, 0.2) is 0 Å². The minimum atomic E-state index is -4.43. The Hall–Kier alpha value is -3.33. The molecule has 0 aliphatic heterocycles. The molecule has 1 N–H and O–H groups in total. The Morgan fingerprint density at radius 3 is 2.33 bits per heavy atom. The van der Waals surface area contributed by atoms with Gasteiger partial charge in [0, 0.05) is 43.8 Å². The Kier molecular flexibility index (Phi) is 9.14. The second-order valence-electron chi connectivity index (χ2n) is 9.22. The first-order valence-corrected chi connectivity index (χ1v) is 11.8. The molecule has 0 saturated carbocycles. The van der Waals surface area contributed by atoms with E-state index < -0.39 is 11.7 Å². The standard InChI is InChI=1S/C27H32F3N3O3/c1-19(2)15-33(26(35)18-36-3)17-25(34)32(16-20-8-10-22(11-9-20)27(28,29)30)13-12-21-14-31-24-7-5-4-6-23(21)24/h4-11,14,19,31H,12-13,15-18H2,1-3H3. The minimum absolute atomic E-state index is 0.130. The fourth-order valence-corrected chi connectivity index (χ4v) is 4.08. The predicted octanol–water partition coefficient (Wildman–Crippen LogP) is 4.89. The molecule has 0 aliphatic carbocycles. The van der Waals surface area contributed by atoms with E-state index in [1.165, 1.54) is 24.1 Å². The number of rotatable bonds is 11. The largest absolute Gasteiger partial charge is 0.416 e. The number of benzene rings is 2. The maximum absolute atomic E-state index is 13.4. The molecule has 3 aromatic rings. The molecule has 9 heteroatoms. The number of H-pyrrole nitrogens is 1. The van der Waals surface area contributed by atoms with Gasteiger partial charge in [-0.05, 0) is 41.7 Å². The lowest BCUT2D eigenvalue weighted by Gasteiger charge is -2.29. The maximum Gasteiger partial charge on any atom is 0.416 e. The molecule has 0 fully saturated rings. The van der Waals surface area contributed by atoms with E-state index in [2.05, 4.69) is 4.98 Å². The van der Waals surface area contributed by atoms with Gasteiger partial charge in [-0.15, -0.1) is 0 Å². The smallest absolute Gasteiger partial charge is 0.375 e. The zero-order valence-electron chi connectivity index (χ0n) is 20.8. The van der Waals surface area contributed by atoms with Gasteiger partial charge in [-0.25, -0.2) is 0 Å². The summed E-state index contributed by atoms with van der Waals surface area (Å²) in [6, 6.07) is 12.6. The average molecular weight is 504 g/mol. The van der Waals surface area contributed by atoms with Crippen LogP contribution in [0.15, 0.2) is 54.7 Å². The van der Waals surface area contributed by atoms with Gasteiger partial charge < -0.3 is 19.5 Å². The van der Waals surface area contributed by atoms with E-state index >= 15 is 0 Å². The van der Waals surface area contributed by atoms with Crippen LogP contribution >= 0.6 is 0 Å². The Bertz CT molecular complexity index is 1160. The quantitative estimate of drug-likeness (QED) is 0.405. The molecule has 0 spiro atoms. The summed E-state index contributed by atoms with van der Waals surface area (Å²) in [4.78, 5) is 32.2. The van der Waals surface area contributed by atoms with E-state index in [0.717, 1.165) is 28.6 Å². The number of alkyl halides is 3. The Labute approximate surface area is 209 Å². The number of carbonyl (C=O) groups excluding carboxylic acids is 2. The average Bonchev–Trinajstić information content (AvgIpc) is 3.24. The van der Waals surface area contributed by atoms with Crippen LogP contribution in [-0.2, 0) is 33.5 Å². The second-order valence-corrected chi connectivity index (χ2v) is 9.22. The Morgan fingerprint density at radius 2 is 1.69 bits per heavy atom. The van der Waals surface area contributed by atoms with Crippen molar-refractivity contribution >= 4 is 22.7 Å². The van der Waals surface area contributed by atoms with Crippen LogP contribution in [0.3, 0.4) is 0 Å². The van der Waals surface area contributed by atoms with E-state index in [1.807, 2.05) is 44.3 Å². The maximum atomic E-state index is 13.4. The molecule has 0 unspecified atom stereocenters. The number of para-hydroxylation sites is 1. The number of carbonyl (C=O) groups is 2. The number of amides is 2. The molecule has 36 heavy (non-hydrogen) atoms. The first-order valence-electron chi connectivity index (χ1n) is 11.8. The van der Waals surface area contributed by atoms with Crippen molar-refractivity contribution in [3.8, 4) is 0 Å². The van der Waals surface area contributed by atoms with Crippen molar-refractivity contribution in [2.45, 2.75) is 33.0 Å². The number of nitrogens with zero attached hydrogens (tertiary/aromatic N) is 2. The number of fused-ring (bicyclic) bond motifs is 1. The van der Waals surface area contributed by atoms with E-state index in [-0.39, 0.29) is 37.4 Å². The van der Waals surface area contributed by atoms with Gasteiger partial charge in [-0.3, -0.25) is 9.59 Å². The first kappa shape index (κ1) is 27.3. The van der Waals surface area contributed by atoms with Crippen molar-refractivity contribution in [3.63, 3.8) is 0 Å². The number of hydrogen-bond acceptors (Lipinski definition) is 3. The molecule has 1 aromatic heterocycles. The molecule has 0 atom stereocenters. The molecular formula is C27H32F3N3O3. The fourth-order valence-electron chi connectivity index (χ4n) is 4.08. The lowest BCUT2D eigenvalue weighted by molar-refractivity contribution is -0.143. The molecule has 0 radical (unpaired) electrons. The summed E-state index contributed by atoms with van der Waals surface area (Å²) in [5.41, 5.74) is 1.86. The fraction of sp³-hybridized carbons (Fsp3) is 0.407. The number of nitrogens with one attached hydrogen (secondary N) is 1. The van der Waals surface area contributed by atoms with E-state index in [4.69, 9.17) is 4.74 Å². The van der Waals surface area contributed by atoms with Gasteiger partial charge in [0.1, 0.15) is 6.61 Å². The third-order valence-corrected chi connectivity index (χ3v) is 5.87. The summed E-state index contributed by atoms with van der Waals surface area (Å²) in [6.07, 6.45) is -1.98. The van der Waals surface area contributed by atoms with Crippen LogP contribution in [0.5, 0.6) is 0 Å². The van der Waals surface area contributed by atoms with Gasteiger partial charge in [0.25, 0.3) is 0 Å². The van der Waals surface area contributed by atoms with Crippen LogP contribution in [0.2, 0.25) is 0 Å². The number of aromatic amines is 1. The normalized spacial score (nSPS) is 11.8. The number of aromatic nitrogens is 1. The third kappa shape index (κ3) is 7.34. The highest BCUT2D eigenvalue weighted by molar-refractivity contribution is 5.86. The third-order valence-electron chi connectivity index (χ3n) is 5.87. The second kappa shape index (κ2) is 12.1. The van der Waals surface area contributed by atoms with Crippen LogP contribution < -0.4 is 0 Å². The highest BCUT2D eigenvalue weighted by atomic mass is 19.4. The lowest BCUT2D eigenvalue weighted by Crippen LogP contribution is -2.45. The van der Waals surface area contributed by atoms with E-state index in [0.29, 0.717) is 25.1 Å². The number of hydrogen-bond donors (Lipinski definition) is 1. The lowest BCUT2D eigenvalue weighted by atomic mass is 10.1. The zero-order valence-corrected chi connectivity index (χ0v) is 20.8. The monoisotopic (exact) mass is 503 g/mol. The van der Waals surface area contributed by atoms with Crippen LogP contribution in [0.4, 0.5) is 13.2 Å². The van der Waals surface area contributed by atoms with Crippen LogP contribution in [0.1, 0.15) is 30.5 Å². The summed E-state index contributed by atoms with van der Waals surface area (Å²) in [7, 11) is 1.42. The van der Waals surface area contributed by atoms with E-state index in [1.54, 1.807) is 4.90 Å². The van der Waals surface area contributed by atoms with Crippen molar-refractivity contribution in [3.05, 3.63) is 71.4 Å². The highest BCUT2D eigenvalue weighted by Crippen LogP contribution is 2.29. The van der Waals surface area contributed by atoms with Crippen LogP contribution in [0.25, 0.3) is 10.9 Å². The molecule has 1 heterocycles. The summed E-state index contributed by atoms with van der Waals surface area (Å²) < 4.78 is 43.9.